The van der Waals surface area contributed by atoms with Crippen LogP contribution >= 0.6 is 0 Å². The highest BCUT2D eigenvalue weighted by Crippen LogP contribution is 2.10. The van der Waals surface area contributed by atoms with Crippen molar-refractivity contribution in [2.75, 3.05) is 0 Å². The van der Waals surface area contributed by atoms with Crippen LogP contribution in [0.2, 0.25) is 0 Å². The number of nitro groups is 1. The van der Waals surface area contributed by atoms with Gasteiger partial charge in [0, 0.05) is 0 Å². The fourth-order valence-electron chi connectivity index (χ4n) is 0.987. The summed E-state index contributed by atoms with van der Waals surface area (Å²) in [5, 5.41) is 10.2. The average Bonchev–Trinajstić information content (AvgIpc) is 2.07. The predicted octanol–water partition coefficient (Wildman–Crippen LogP) is -0.169. The molecule has 1 aromatic rings. The highest BCUT2D eigenvalue weighted by atomic mass is 19.4. The number of rotatable bonds is 3. The zero-order valence-electron chi connectivity index (χ0n) is 7.52. The normalized spacial score (nSPS) is 11.4. The van der Waals surface area contributed by atoms with Crippen molar-refractivity contribution in [2.24, 2.45) is 0 Å². The lowest BCUT2D eigenvalue weighted by molar-refractivity contribution is -0.386. The molecule has 0 aliphatic carbocycles. The Morgan fingerprint density at radius 3 is 2.44 bits per heavy atom. The minimum atomic E-state index is -5.33. The van der Waals surface area contributed by atoms with Crippen LogP contribution in [0.4, 0.5) is 18.6 Å². The van der Waals surface area contributed by atoms with Crippen molar-refractivity contribution in [2.45, 2.75) is 6.44 Å². The summed E-state index contributed by atoms with van der Waals surface area (Å²) >= 11 is 0. The second-order valence-electron chi connectivity index (χ2n) is 2.89. The minimum absolute atomic E-state index is 0.0412. The Labute approximate surface area is 84.7 Å². The topological polar surface area (TPSA) is 98.0 Å². The number of nitrogens with zero attached hydrogens (tertiary/aromatic N) is 2. The largest absolute Gasteiger partial charge is 0.497 e. The van der Waals surface area contributed by atoms with Gasteiger partial charge in [-0.3, -0.25) is 19.9 Å². The van der Waals surface area contributed by atoms with Crippen LogP contribution in [0.3, 0.4) is 0 Å². The van der Waals surface area contributed by atoms with Crippen LogP contribution in [0.1, 0.15) is 0 Å². The maximum atomic E-state index is 12.0. The van der Waals surface area contributed by atoms with Gasteiger partial charge < -0.3 is 17.5 Å². The van der Waals surface area contributed by atoms with Crippen LogP contribution in [0.15, 0.2) is 15.8 Å². The summed E-state index contributed by atoms with van der Waals surface area (Å²) in [7, 11) is 0. The second-order valence-corrected chi connectivity index (χ2v) is 2.89. The molecule has 16 heavy (non-hydrogen) atoms. The quantitative estimate of drug-likeness (QED) is 0.449. The number of halogens is 3. The molecule has 0 aliphatic heterocycles. The van der Waals surface area contributed by atoms with Crippen molar-refractivity contribution in [3.63, 3.8) is 0 Å². The number of aromatic nitrogens is 2. The Morgan fingerprint density at radius 1 is 1.44 bits per heavy atom. The van der Waals surface area contributed by atoms with Gasteiger partial charge >= 0.3 is 23.9 Å². The average molecular weight is 238 g/mol. The summed E-state index contributed by atoms with van der Waals surface area (Å²) in [4.78, 5) is 32.2. The summed E-state index contributed by atoms with van der Waals surface area (Å²) < 4.78 is 36.0. The summed E-state index contributed by atoms with van der Waals surface area (Å²) in [6.07, 6.45) is -1.37. The van der Waals surface area contributed by atoms with E-state index in [1.807, 2.05) is 0 Å². The number of H-pyrrole nitrogens is 1. The molecule has 0 bridgehead atoms. The van der Waals surface area contributed by atoms with Gasteiger partial charge in [0.1, 0.15) is 0 Å². The van der Waals surface area contributed by atoms with Gasteiger partial charge in [-0.05, 0) is 6.44 Å². The van der Waals surface area contributed by atoms with E-state index in [-0.39, 0.29) is 10.8 Å². The van der Waals surface area contributed by atoms with Crippen molar-refractivity contribution in [3.05, 3.63) is 37.1 Å². The number of hydrogen-bond donors (Lipinski definition) is 1. The number of nitrogens with one attached hydrogen (secondary N) is 1. The van der Waals surface area contributed by atoms with Gasteiger partial charge in [0.25, 0.3) is 0 Å². The van der Waals surface area contributed by atoms with Crippen molar-refractivity contribution in [1.29, 1.82) is 0 Å². The molecule has 0 radical (unpaired) electrons. The predicted molar refractivity (Wildman–Crippen MR) is 47.1 cm³/mol. The first kappa shape index (κ1) is 12.0. The Bertz CT molecular complexity index is 533. The lowest BCUT2D eigenvalue weighted by Gasteiger charge is -2.14. The third-order valence-electron chi connectivity index (χ3n) is 1.59. The smallest absolute Gasteiger partial charge is 0.448 e. The van der Waals surface area contributed by atoms with E-state index in [2.05, 4.69) is 0 Å². The van der Waals surface area contributed by atoms with E-state index in [1.165, 1.54) is 4.98 Å². The maximum Gasteiger partial charge on any atom is 0.497 e. The first-order chi connectivity index (χ1) is 7.20. The van der Waals surface area contributed by atoms with Crippen LogP contribution in [-0.2, 0) is 6.44 Å². The van der Waals surface area contributed by atoms with E-state index in [4.69, 9.17) is 0 Å². The van der Waals surface area contributed by atoms with E-state index >= 15 is 0 Å². The molecule has 11 heteroatoms. The highest BCUT2D eigenvalue weighted by Gasteiger charge is 2.26. The van der Waals surface area contributed by atoms with Crippen molar-refractivity contribution in [3.8, 4) is 0 Å². The monoisotopic (exact) mass is 238 g/mol. The molecule has 0 atom stereocenters. The molecule has 1 aromatic heterocycles. The molecule has 0 saturated carbocycles. The van der Waals surface area contributed by atoms with E-state index in [0.717, 1.165) is 0 Å². The first-order valence-electron chi connectivity index (χ1n) is 3.90. The number of aromatic amines is 1. The summed E-state index contributed by atoms with van der Waals surface area (Å²) in [5.74, 6) is 0. The third-order valence-corrected chi connectivity index (χ3v) is 1.59. The SMILES string of the molecule is O=c1[nH]c(=O)n(C[B-](F)(F)F)cc1[N+](=O)[O-]. The molecule has 7 nitrogen and oxygen atoms in total. The minimum Gasteiger partial charge on any atom is -0.448 e. The van der Waals surface area contributed by atoms with Gasteiger partial charge in [0.2, 0.25) is 0 Å². The van der Waals surface area contributed by atoms with E-state index in [0.29, 0.717) is 0 Å². The molecule has 0 aromatic carbocycles. The fraction of sp³-hybridized carbons (Fsp3) is 0.200. The molecule has 88 valence electrons. The van der Waals surface area contributed by atoms with Gasteiger partial charge in [-0.25, -0.2) is 4.79 Å². The van der Waals surface area contributed by atoms with Crippen molar-refractivity contribution in [1.82, 2.24) is 9.55 Å². The fourth-order valence-corrected chi connectivity index (χ4v) is 0.987. The Hall–Kier alpha value is -2.07. The third kappa shape index (κ3) is 2.71. The molecular weight excluding hydrogens is 234 g/mol. The molecule has 1 N–H and O–H groups in total. The Balaban J connectivity index is 3.32. The molecule has 0 amide bonds. The second kappa shape index (κ2) is 3.83. The lowest BCUT2D eigenvalue weighted by Crippen LogP contribution is -2.36. The molecule has 0 spiro atoms. The Morgan fingerprint density at radius 2 is 2.00 bits per heavy atom. The zero-order chi connectivity index (χ0) is 12.5. The van der Waals surface area contributed by atoms with Crippen LogP contribution in [0.5, 0.6) is 0 Å². The van der Waals surface area contributed by atoms with E-state index in [9.17, 15) is 32.7 Å². The molecule has 1 heterocycles. The summed E-state index contributed by atoms with van der Waals surface area (Å²) in [5.41, 5.74) is -3.78. The molecule has 0 fully saturated rings. The number of hydrogen-bond acceptors (Lipinski definition) is 4. The van der Waals surface area contributed by atoms with Gasteiger partial charge in [-0.2, -0.15) is 0 Å². The van der Waals surface area contributed by atoms with Gasteiger partial charge in [-0.15, -0.1) is 0 Å². The van der Waals surface area contributed by atoms with Crippen LogP contribution in [0, 0.1) is 10.1 Å². The first-order valence-corrected chi connectivity index (χ1v) is 3.90. The lowest BCUT2D eigenvalue weighted by atomic mass is 9.92. The van der Waals surface area contributed by atoms with Gasteiger partial charge in [0.15, 0.2) is 0 Å². The standard InChI is InChI=1S/C5H4BF3N3O4/c7-6(8,9)2-11-1-3(12(15)16)4(13)10-5(11)14/h1H,2H2,(H,10,13,14)/q-1. The van der Waals surface area contributed by atoms with Crippen LogP contribution < -0.4 is 11.2 Å². The summed E-state index contributed by atoms with van der Waals surface area (Å²) in [6, 6.07) is 0. The van der Waals surface area contributed by atoms with E-state index in [1.54, 1.807) is 0 Å². The molecule has 0 saturated heterocycles. The van der Waals surface area contributed by atoms with Crippen LogP contribution in [0.25, 0.3) is 0 Å². The van der Waals surface area contributed by atoms with Gasteiger partial charge in [0.05, 0.1) is 11.1 Å². The molecular formula is C5H4BF3N3O4-. The molecule has 1 rings (SSSR count). The zero-order valence-corrected chi connectivity index (χ0v) is 7.52. The highest BCUT2D eigenvalue weighted by molar-refractivity contribution is 6.57. The van der Waals surface area contributed by atoms with Crippen molar-refractivity contribution < 1.29 is 17.9 Å². The summed E-state index contributed by atoms with van der Waals surface area (Å²) in [6.45, 7) is -5.33. The molecule has 0 aliphatic rings. The van der Waals surface area contributed by atoms with E-state index < -0.39 is 35.3 Å². The maximum absolute atomic E-state index is 12.0. The Kier molecular flexibility index (Phi) is 2.87. The van der Waals surface area contributed by atoms with Crippen molar-refractivity contribution >= 4 is 12.7 Å². The van der Waals surface area contributed by atoms with Gasteiger partial charge in [-0.1, -0.05) is 0 Å². The van der Waals surface area contributed by atoms with Crippen LogP contribution in [-0.4, -0.2) is 21.5 Å². The molecule has 0 unspecified atom stereocenters.